The van der Waals surface area contributed by atoms with Gasteiger partial charge in [0.15, 0.2) is 0 Å². The largest absolute Gasteiger partial charge is 0.444 e. The SMILES string of the molecule is CC(C)(C)OC(=O)N[C@@H](CO)c1ccc(-c2c(F)cccc2F)cc1. The van der Waals surface area contributed by atoms with Crippen LogP contribution >= 0.6 is 0 Å². The summed E-state index contributed by atoms with van der Waals surface area (Å²) in [7, 11) is 0. The molecule has 0 spiro atoms. The summed E-state index contributed by atoms with van der Waals surface area (Å²) < 4.78 is 32.8. The van der Waals surface area contributed by atoms with Crippen molar-refractivity contribution in [1.29, 1.82) is 0 Å². The number of amides is 1. The van der Waals surface area contributed by atoms with Gasteiger partial charge in [0.05, 0.1) is 18.2 Å². The number of hydrogen-bond acceptors (Lipinski definition) is 3. The highest BCUT2D eigenvalue weighted by Crippen LogP contribution is 2.27. The lowest BCUT2D eigenvalue weighted by Gasteiger charge is -2.23. The zero-order chi connectivity index (χ0) is 18.6. The van der Waals surface area contributed by atoms with Crippen LogP contribution in [-0.2, 0) is 4.74 Å². The molecule has 1 amide bonds. The van der Waals surface area contributed by atoms with Gasteiger partial charge < -0.3 is 15.2 Å². The Bertz CT molecular complexity index is 719. The van der Waals surface area contributed by atoms with Crippen LogP contribution in [0.3, 0.4) is 0 Å². The lowest BCUT2D eigenvalue weighted by Crippen LogP contribution is -2.36. The standard InChI is InChI=1S/C19H21F2NO3/c1-19(2,3)25-18(24)22-16(11-23)12-7-9-13(10-8-12)17-14(20)5-4-6-15(17)21/h4-10,16,23H,11H2,1-3H3,(H,22,24)/t16-/m0/s1. The Morgan fingerprint density at radius 1 is 1.12 bits per heavy atom. The van der Waals surface area contributed by atoms with Crippen molar-refractivity contribution in [2.75, 3.05) is 6.61 Å². The van der Waals surface area contributed by atoms with Crippen molar-refractivity contribution in [3.8, 4) is 11.1 Å². The lowest BCUT2D eigenvalue weighted by molar-refractivity contribution is 0.0482. The number of carbonyl (C=O) groups excluding carboxylic acids is 1. The molecule has 0 saturated carbocycles. The van der Waals surface area contributed by atoms with E-state index in [9.17, 15) is 18.7 Å². The molecule has 6 heteroatoms. The summed E-state index contributed by atoms with van der Waals surface area (Å²) in [5.74, 6) is -1.31. The smallest absolute Gasteiger partial charge is 0.408 e. The predicted octanol–water partition coefficient (Wildman–Crippen LogP) is 4.19. The minimum atomic E-state index is -0.686. The third-order valence-electron chi connectivity index (χ3n) is 3.44. The molecule has 0 radical (unpaired) electrons. The monoisotopic (exact) mass is 349 g/mol. The van der Waals surface area contributed by atoms with Crippen molar-refractivity contribution < 1.29 is 23.4 Å². The summed E-state index contributed by atoms with van der Waals surface area (Å²) >= 11 is 0. The molecule has 0 fully saturated rings. The first-order valence-electron chi connectivity index (χ1n) is 7.86. The fraction of sp³-hybridized carbons (Fsp3) is 0.316. The van der Waals surface area contributed by atoms with Crippen molar-refractivity contribution in [1.82, 2.24) is 5.32 Å². The van der Waals surface area contributed by atoms with E-state index in [1.807, 2.05) is 0 Å². The highest BCUT2D eigenvalue weighted by atomic mass is 19.1. The van der Waals surface area contributed by atoms with Crippen LogP contribution < -0.4 is 5.32 Å². The first-order chi connectivity index (χ1) is 11.7. The van der Waals surface area contributed by atoms with E-state index in [-0.39, 0.29) is 12.2 Å². The summed E-state index contributed by atoms with van der Waals surface area (Å²) in [6.07, 6.45) is -0.657. The van der Waals surface area contributed by atoms with Crippen LogP contribution in [0.15, 0.2) is 42.5 Å². The number of halogens is 2. The van der Waals surface area contributed by atoms with Crippen LogP contribution in [0.1, 0.15) is 32.4 Å². The van der Waals surface area contributed by atoms with Gasteiger partial charge in [-0.05, 0) is 44.0 Å². The second-order valence-corrected chi connectivity index (χ2v) is 6.60. The van der Waals surface area contributed by atoms with Crippen molar-refractivity contribution in [3.05, 3.63) is 59.7 Å². The van der Waals surface area contributed by atoms with Gasteiger partial charge in [0.1, 0.15) is 17.2 Å². The Balaban J connectivity index is 2.19. The van der Waals surface area contributed by atoms with E-state index in [0.717, 1.165) is 0 Å². The third-order valence-corrected chi connectivity index (χ3v) is 3.44. The molecule has 4 nitrogen and oxygen atoms in total. The van der Waals surface area contributed by atoms with Crippen LogP contribution in [0.2, 0.25) is 0 Å². The molecule has 0 saturated heterocycles. The highest BCUT2D eigenvalue weighted by molar-refractivity contribution is 5.69. The molecule has 0 aliphatic heterocycles. The topological polar surface area (TPSA) is 58.6 Å². The van der Waals surface area contributed by atoms with Gasteiger partial charge >= 0.3 is 6.09 Å². The molecule has 0 heterocycles. The van der Waals surface area contributed by atoms with E-state index < -0.39 is 29.4 Å². The van der Waals surface area contributed by atoms with Gasteiger partial charge in [-0.2, -0.15) is 0 Å². The summed E-state index contributed by atoms with van der Waals surface area (Å²) in [6.45, 7) is 4.86. The molecule has 25 heavy (non-hydrogen) atoms. The minimum Gasteiger partial charge on any atom is -0.444 e. The third kappa shape index (κ3) is 5.00. The van der Waals surface area contributed by atoms with Crippen molar-refractivity contribution in [3.63, 3.8) is 0 Å². The van der Waals surface area contributed by atoms with Gasteiger partial charge in [0.25, 0.3) is 0 Å². The maximum absolute atomic E-state index is 13.8. The minimum absolute atomic E-state index is 0.116. The van der Waals surface area contributed by atoms with Crippen LogP contribution in [0, 0.1) is 11.6 Å². The molecule has 2 rings (SSSR count). The fourth-order valence-corrected chi connectivity index (χ4v) is 2.34. The number of ether oxygens (including phenoxy) is 1. The first kappa shape index (κ1) is 18.9. The number of aliphatic hydroxyl groups is 1. The van der Waals surface area contributed by atoms with E-state index >= 15 is 0 Å². The molecule has 2 N–H and O–H groups in total. The first-order valence-corrected chi connectivity index (χ1v) is 7.86. The van der Waals surface area contributed by atoms with Crippen molar-refractivity contribution in [2.45, 2.75) is 32.4 Å². The van der Waals surface area contributed by atoms with E-state index in [2.05, 4.69) is 5.32 Å². The molecular formula is C19H21F2NO3. The van der Waals surface area contributed by atoms with E-state index in [1.165, 1.54) is 30.3 Å². The summed E-state index contributed by atoms with van der Waals surface area (Å²) in [6, 6.07) is 9.26. The molecular weight excluding hydrogens is 328 g/mol. The zero-order valence-electron chi connectivity index (χ0n) is 14.3. The summed E-state index contributed by atoms with van der Waals surface area (Å²) in [5.41, 5.74) is 0.188. The van der Waals surface area contributed by atoms with Gasteiger partial charge in [0, 0.05) is 0 Å². The molecule has 0 aliphatic carbocycles. The van der Waals surface area contributed by atoms with E-state index in [1.54, 1.807) is 32.9 Å². The molecule has 1 atom stereocenters. The fourth-order valence-electron chi connectivity index (χ4n) is 2.34. The number of hydrogen-bond donors (Lipinski definition) is 2. The normalized spacial score (nSPS) is 12.6. The Hall–Kier alpha value is -2.47. The molecule has 2 aromatic carbocycles. The van der Waals surface area contributed by atoms with Gasteiger partial charge in [-0.3, -0.25) is 0 Å². The van der Waals surface area contributed by atoms with Gasteiger partial charge in [-0.1, -0.05) is 30.3 Å². The average Bonchev–Trinajstić information content (AvgIpc) is 2.51. The van der Waals surface area contributed by atoms with Crippen LogP contribution in [0.5, 0.6) is 0 Å². The molecule has 0 aromatic heterocycles. The van der Waals surface area contributed by atoms with Crippen LogP contribution in [0.4, 0.5) is 13.6 Å². The predicted molar refractivity (Wildman–Crippen MR) is 91.0 cm³/mol. The number of alkyl carbamates (subject to hydrolysis) is 1. The summed E-state index contributed by atoms with van der Waals surface area (Å²) in [4.78, 5) is 11.8. The molecule has 0 aliphatic rings. The van der Waals surface area contributed by atoms with Gasteiger partial charge in [-0.25, -0.2) is 13.6 Å². The number of benzene rings is 2. The van der Waals surface area contributed by atoms with Crippen molar-refractivity contribution >= 4 is 6.09 Å². The molecule has 134 valence electrons. The summed E-state index contributed by atoms with van der Waals surface area (Å²) in [5, 5.41) is 12.1. The van der Waals surface area contributed by atoms with Gasteiger partial charge in [-0.15, -0.1) is 0 Å². The highest BCUT2D eigenvalue weighted by Gasteiger charge is 2.20. The van der Waals surface area contributed by atoms with Gasteiger partial charge in [0.2, 0.25) is 0 Å². The Labute approximate surface area is 145 Å². The van der Waals surface area contributed by atoms with Crippen molar-refractivity contribution in [2.24, 2.45) is 0 Å². The second kappa shape index (κ2) is 7.61. The zero-order valence-corrected chi connectivity index (χ0v) is 14.3. The molecule has 0 unspecified atom stereocenters. The Morgan fingerprint density at radius 3 is 2.16 bits per heavy atom. The number of aliphatic hydroxyl groups excluding tert-OH is 1. The molecule has 2 aromatic rings. The maximum atomic E-state index is 13.8. The number of nitrogens with one attached hydrogen (secondary N) is 1. The maximum Gasteiger partial charge on any atom is 0.408 e. The Morgan fingerprint density at radius 2 is 1.68 bits per heavy atom. The number of carbonyl (C=O) groups is 1. The quantitative estimate of drug-likeness (QED) is 0.870. The number of rotatable bonds is 4. The lowest BCUT2D eigenvalue weighted by atomic mass is 10.0. The van der Waals surface area contributed by atoms with E-state index in [0.29, 0.717) is 11.1 Å². The molecule has 0 bridgehead atoms. The van der Waals surface area contributed by atoms with Crippen LogP contribution in [0.25, 0.3) is 11.1 Å². The second-order valence-electron chi connectivity index (χ2n) is 6.60. The van der Waals surface area contributed by atoms with E-state index in [4.69, 9.17) is 4.74 Å². The Kier molecular flexibility index (Phi) is 5.74. The van der Waals surface area contributed by atoms with Crippen LogP contribution in [-0.4, -0.2) is 23.4 Å². The average molecular weight is 349 g/mol.